The van der Waals surface area contributed by atoms with Crippen LogP contribution in [0.1, 0.15) is 22.3 Å². The van der Waals surface area contributed by atoms with Crippen molar-refractivity contribution in [1.82, 2.24) is 4.90 Å². The number of hydrogen-bond acceptors (Lipinski definition) is 6. The van der Waals surface area contributed by atoms with Crippen LogP contribution in [0.15, 0.2) is 76.6 Å². The Morgan fingerprint density at radius 3 is 2.36 bits per heavy atom. The lowest BCUT2D eigenvalue weighted by atomic mass is 10.1. The number of ether oxygens (including phenoxy) is 1. The molecule has 186 valence electrons. The smallest absolute Gasteiger partial charge is 0.264 e. The number of sulfonamides is 1. The largest absolute Gasteiger partial charge is 0.497 e. The quantitative estimate of drug-likeness (QED) is 0.546. The van der Waals surface area contributed by atoms with Gasteiger partial charge in [-0.15, -0.1) is 0 Å². The van der Waals surface area contributed by atoms with Gasteiger partial charge >= 0.3 is 0 Å². The van der Waals surface area contributed by atoms with E-state index >= 15 is 0 Å². The zero-order chi connectivity index (χ0) is 25.1. The third-order valence-corrected chi connectivity index (χ3v) is 7.94. The van der Waals surface area contributed by atoms with Gasteiger partial charge in [0.15, 0.2) is 0 Å². The number of para-hydroxylation sites is 1. The first-order valence-corrected chi connectivity index (χ1v) is 13.4. The number of amides is 1. The normalized spacial score (nSPS) is 15.4. The van der Waals surface area contributed by atoms with Crippen LogP contribution in [0.25, 0.3) is 0 Å². The number of aliphatic imine (C=N–C) groups is 1. The summed E-state index contributed by atoms with van der Waals surface area (Å²) < 4.78 is 33.9. The topological polar surface area (TPSA) is 91.3 Å². The van der Waals surface area contributed by atoms with Crippen molar-refractivity contribution in [1.29, 1.82) is 0 Å². The Balaban J connectivity index is 1.22. The number of nitrogens with zero attached hydrogens (tertiary/aromatic N) is 3. The van der Waals surface area contributed by atoms with Crippen molar-refractivity contribution >= 4 is 39.2 Å². The number of aryl methyl sites for hydroxylation is 1. The number of rotatable bonds is 6. The van der Waals surface area contributed by atoms with E-state index in [0.717, 1.165) is 42.9 Å². The highest BCUT2D eigenvalue weighted by molar-refractivity contribution is 7.92. The van der Waals surface area contributed by atoms with Gasteiger partial charge in [0.2, 0.25) is 0 Å². The number of hydrogen-bond donors (Lipinski definition) is 1. The second-order valence-electron chi connectivity index (χ2n) is 8.77. The summed E-state index contributed by atoms with van der Waals surface area (Å²) in [4.78, 5) is 21.6. The number of nitrogens with one attached hydrogen (secondary N) is 1. The van der Waals surface area contributed by atoms with E-state index in [9.17, 15) is 13.2 Å². The molecule has 2 aliphatic rings. The predicted octanol–water partition coefficient (Wildman–Crippen LogP) is 4.11. The van der Waals surface area contributed by atoms with Crippen LogP contribution in [0, 0.1) is 0 Å². The number of fused-ring (bicyclic) bond motifs is 1. The fourth-order valence-corrected chi connectivity index (χ4v) is 5.80. The molecule has 1 saturated heterocycles. The van der Waals surface area contributed by atoms with E-state index in [1.807, 2.05) is 35.2 Å². The molecule has 3 aromatic carbocycles. The van der Waals surface area contributed by atoms with Crippen LogP contribution in [0.3, 0.4) is 0 Å². The lowest BCUT2D eigenvalue weighted by Gasteiger charge is -2.36. The molecule has 5 rings (SSSR count). The Hall–Kier alpha value is -3.85. The fraction of sp³-hybridized carbons (Fsp3) is 0.259. The summed E-state index contributed by atoms with van der Waals surface area (Å²) in [6, 6.07) is 19.7. The van der Waals surface area contributed by atoms with Crippen molar-refractivity contribution in [3.05, 3.63) is 77.9 Å². The predicted molar refractivity (Wildman–Crippen MR) is 141 cm³/mol. The van der Waals surface area contributed by atoms with Gasteiger partial charge in [-0.05, 0) is 73.0 Å². The number of anilines is 2. The maximum atomic E-state index is 13.1. The molecule has 1 N–H and O–H groups in total. The summed E-state index contributed by atoms with van der Waals surface area (Å²) in [5.74, 6) is 0.750. The van der Waals surface area contributed by atoms with Crippen molar-refractivity contribution in [3.8, 4) is 5.75 Å². The van der Waals surface area contributed by atoms with Gasteiger partial charge in [0.25, 0.3) is 15.9 Å². The first-order valence-electron chi connectivity index (χ1n) is 11.9. The number of methoxy groups -OCH3 is 1. The lowest BCUT2D eigenvalue weighted by molar-refractivity contribution is 0.0747. The van der Waals surface area contributed by atoms with Gasteiger partial charge in [0.05, 0.1) is 12.8 Å². The molecule has 0 spiro atoms. The molecular formula is C27H28N4O4S. The second kappa shape index (κ2) is 10.0. The van der Waals surface area contributed by atoms with Gasteiger partial charge in [0.1, 0.15) is 10.6 Å². The first kappa shape index (κ1) is 23.9. The fourth-order valence-electron chi connectivity index (χ4n) is 4.54. The summed E-state index contributed by atoms with van der Waals surface area (Å²) in [5, 5.41) is 0. The van der Waals surface area contributed by atoms with E-state index in [0.29, 0.717) is 30.0 Å². The van der Waals surface area contributed by atoms with Gasteiger partial charge < -0.3 is 14.5 Å². The molecule has 2 aliphatic heterocycles. The van der Waals surface area contributed by atoms with Gasteiger partial charge in [0, 0.05) is 49.3 Å². The molecule has 1 amide bonds. The summed E-state index contributed by atoms with van der Waals surface area (Å²) >= 11 is 0. The van der Waals surface area contributed by atoms with Crippen molar-refractivity contribution in [2.24, 2.45) is 4.99 Å². The highest BCUT2D eigenvalue weighted by Crippen LogP contribution is 2.32. The minimum atomic E-state index is -3.82. The van der Waals surface area contributed by atoms with Crippen LogP contribution in [-0.2, 0) is 16.4 Å². The molecular weight excluding hydrogens is 476 g/mol. The molecule has 1 fully saturated rings. The maximum absolute atomic E-state index is 13.1. The van der Waals surface area contributed by atoms with Crippen LogP contribution in [0.5, 0.6) is 5.75 Å². The molecule has 3 aromatic rings. The van der Waals surface area contributed by atoms with E-state index in [1.165, 1.54) is 0 Å². The van der Waals surface area contributed by atoms with Crippen molar-refractivity contribution < 1.29 is 17.9 Å². The standard InChI is InChI=1S/C27H28N4O4S/c1-35-24-13-11-23(12-14-24)30-16-18-31(19-17-30)27(32)21-7-9-22(10-8-21)29-36(33,34)25-6-2-4-20-5-3-15-28-26(20)25/h2,4,6-15,29H,3,5,16-19H2,1H3. The van der Waals surface area contributed by atoms with Crippen LogP contribution >= 0.6 is 0 Å². The number of carbonyl (C=O) groups is 1. The average Bonchev–Trinajstić information content (AvgIpc) is 2.93. The van der Waals surface area contributed by atoms with E-state index in [-0.39, 0.29) is 10.8 Å². The summed E-state index contributed by atoms with van der Waals surface area (Å²) in [6.07, 6.45) is 3.32. The van der Waals surface area contributed by atoms with Crippen molar-refractivity contribution in [3.63, 3.8) is 0 Å². The Morgan fingerprint density at radius 2 is 1.67 bits per heavy atom. The second-order valence-corrected chi connectivity index (χ2v) is 10.4. The van der Waals surface area contributed by atoms with E-state index in [1.54, 1.807) is 49.7 Å². The number of benzene rings is 3. The van der Waals surface area contributed by atoms with Crippen LogP contribution in [-0.4, -0.2) is 58.7 Å². The molecule has 2 heterocycles. The first-order chi connectivity index (χ1) is 17.4. The summed E-state index contributed by atoms with van der Waals surface area (Å²) in [6.45, 7) is 2.69. The molecule has 0 saturated carbocycles. The molecule has 0 unspecified atom stereocenters. The van der Waals surface area contributed by atoms with Crippen molar-refractivity contribution in [2.75, 3.05) is 42.9 Å². The summed E-state index contributed by atoms with van der Waals surface area (Å²) in [7, 11) is -2.17. The van der Waals surface area contributed by atoms with Gasteiger partial charge in [-0.1, -0.05) is 12.1 Å². The Kier molecular flexibility index (Phi) is 6.65. The third kappa shape index (κ3) is 4.92. The van der Waals surface area contributed by atoms with E-state index in [2.05, 4.69) is 14.6 Å². The zero-order valence-electron chi connectivity index (χ0n) is 20.1. The van der Waals surface area contributed by atoms with Crippen LogP contribution in [0.4, 0.5) is 17.1 Å². The minimum Gasteiger partial charge on any atom is -0.497 e. The van der Waals surface area contributed by atoms with Gasteiger partial charge in [-0.2, -0.15) is 0 Å². The molecule has 0 bridgehead atoms. The molecule has 0 atom stereocenters. The Labute approximate surface area is 211 Å². The molecule has 9 heteroatoms. The van der Waals surface area contributed by atoms with Crippen molar-refractivity contribution in [2.45, 2.75) is 17.7 Å². The Morgan fingerprint density at radius 1 is 0.944 bits per heavy atom. The maximum Gasteiger partial charge on any atom is 0.264 e. The average molecular weight is 505 g/mol. The Bertz CT molecular complexity index is 1380. The number of piperazine rings is 1. The summed E-state index contributed by atoms with van der Waals surface area (Å²) in [5.41, 5.74) is 3.45. The molecule has 0 aliphatic carbocycles. The van der Waals surface area contributed by atoms with Crippen LogP contribution in [0.2, 0.25) is 0 Å². The lowest BCUT2D eigenvalue weighted by Crippen LogP contribution is -2.48. The highest BCUT2D eigenvalue weighted by atomic mass is 32.2. The van der Waals surface area contributed by atoms with Crippen LogP contribution < -0.4 is 14.4 Å². The zero-order valence-corrected chi connectivity index (χ0v) is 20.9. The third-order valence-electron chi connectivity index (χ3n) is 6.52. The molecule has 0 aromatic heterocycles. The molecule has 8 nitrogen and oxygen atoms in total. The SMILES string of the molecule is COc1ccc(N2CCN(C(=O)c3ccc(NS(=O)(=O)c4cccc5c4N=CCC5)cc3)CC2)cc1. The molecule has 0 radical (unpaired) electrons. The minimum absolute atomic E-state index is 0.0646. The van der Waals surface area contributed by atoms with Gasteiger partial charge in [-0.25, -0.2) is 8.42 Å². The van der Waals surface area contributed by atoms with E-state index in [4.69, 9.17) is 4.74 Å². The van der Waals surface area contributed by atoms with Gasteiger partial charge in [-0.3, -0.25) is 14.5 Å². The monoisotopic (exact) mass is 504 g/mol. The van der Waals surface area contributed by atoms with E-state index < -0.39 is 10.0 Å². The highest BCUT2D eigenvalue weighted by Gasteiger charge is 2.24. The molecule has 36 heavy (non-hydrogen) atoms. The number of carbonyl (C=O) groups excluding carboxylic acids is 1.